The Hall–Kier alpha value is -4.00. The molecule has 5 rings (SSSR count). The van der Waals surface area contributed by atoms with Crippen molar-refractivity contribution in [3.05, 3.63) is 77.0 Å². The lowest BCUT2D eigenvalue weighted by Gasteiger charge is -2.26. The monoisotopic (exact) mass is 535 g/mol. The van der Waals surface area contributed by atoms with Crippen LogP contribution in [0.15, 0.2) is 58.6 Å². The molecule has 1 saturated heterocycles. The molecule has 2 aromatic carbocycles. The van der Waals surface area contributed by atoms with Crippen LogP contribution in [0.1, 0.15) is 32.1 Å². The van der Waals surface area contributed by atoms with Gasteiger partial charge in [0.1, 0.15) is 10.8 Å². The van der Waals surface area contributed by atoms with E-state index in [1.165, 1.54) is 18.3 Å². The Morgan fingerprint density at radius 1 is 1.18 bits per heavy atom. The van der Waals surface area contributed by atoms with Gasteiger partial charge in [-0.2, -0.15) is 0 Å². The number of hydrogen-bond acceptors (Lipinski definition) is 8. The fraction of sp³-hybridized carbons (Fsp3) is 0.231. The topological polar surface area (TPSA) is 152 Å². The number of rotatable bonds is 8. The van der Waals surface area contributed by atoms with E-state index in [-0.39, 0.29) is 23.9 Å². The van der Waals surface area contributed by atoms with Crippen LogP contribution in [0.2, 0.25) is 0 Å². The molecule has 0 radical (unpaired) electrons. The predicted molar refractivity (Wildman–Crippen MR) is 141 cm³/mol. The fourth-order valence-electron chi connectivity index (χ4n) is 4.32. The number of nitrogen functional groups attached to an aromatic ring is 1. The summed E-state index contributed by atoms with van der Waals surface area (Å²) in [7, 11) is 0. The number of carbonyl (C=O) groups is 2. The van der Waals surface area contributed by atoms with E-state index >= 15 is 0 Å². The van der Waals surface area contributed by atoms with Crippen molar-refractivity contribution in [3.63, 3.8) is 0 Å². The van der Waals surface area contributed by atoms with Gasteiger partial charge in [-0.15, -0.1) is 0 Å². The molecular weight excluding hydrogens is 509 g/mol. The minimum Gasteiger partial charge on any atom is -0.382 e. The highest BCUT2D eigenvalue weighted by atomic mass is 32.2. The Morgan fingerprint density at radius 2 is 1.97 bits per heavy atom. The summed E-state index contributed by atoms with van der Waals surface area (Å²) in [5, 5.41) is 3.93. The number of fused-ring (bicyclic) bond motifs is 1. The molecule has 2 amide bonds. The van der Waals surface area contributed by atoms with Gasteiger partial charge in [0.05, 0.1) is 25.0 Å². The maximum Gasteiger partial charge on any atom is 0.274 e. The first kappa shape index (κ1) is 25.6. The first-order valence-corrected chi connectivity index (χ1v) is 12.8. The highest BCUT2D eigenvalue weighted by molar-refractivity contribution is 7.99. The number of nitrogens with zero attached hydrogens (tertiary/aromatic N) is 3. The van der Waals surface area contributed by atoms with Crippen molar-refractivity contribution < 1.29 is 18.7 Å². The molecule has 0 atom stereocenters. The summed E-state index contributed by atoms with van der Waals surface area (Å²) < 4.78 is 19.5. The molecule has 1 aliphatic heterocycles. The van der Waals surface area contributed by atoms with Crippen LogP contribution >= 0.6 is 11.8 Å². The van der Waals surface area contributed by atoms with Crippen molar-refractivity contribution in [2.45, 2.75) is 23.0 Å². The van der Waals surface area contributed by atoms with Gasteiger partial charge in [0, 0.05) is 53.2 Å². The van der Waals surface area contributed by atoms with Gasteiger partial charge < -0.3 is 26.5 Å². The number of aromatic nitrogens is 3. The summed E-state index contributed by atoms with van der Waals surface area (Å²) >= 11 is 1.15. The Bertz CT molecular complexity index is 1500. The summed E-state index contributed by atoms with van der Waals surface area (Å²) in [5.41, 5.74) is 14.2. The van der Waals surface area contributed by atoms with Crippen molar-refractivity contribution in [1.29, 1.82) is 0 Å². The Morgan fingerprint density at radius 3 is 2.76 bits per heavy atom. The number of nitrogens with one attached hydrogen (secondary N) is 2. The molecule has 0 unspecified atom stereocenters. The van der Waals surface area contributed by atoms with Crippen LogP contribution in [0, 0.1) is 5.82 Å². The van der Waals surface area contributed by atoms with Crippen LogP contribution in [0.4, 0.5) is 10.2 Å². The van der Waals surface area contributed by atoms with Crippen LogP contribution in [-0.2, 0) is 17.8 Å². The number of aromatic amines is 1. The number of benzene rings is 2. The second-order valence-corrected chi connectivity index (χ2v) is 9.81. The van der Waals surface area contributed by atoms with Crippen LogP contribution in [0.3, 0.4) is 0 Å². The number of hydrogen-bond donors (Lipinski definition) is 4. The SMILES string of the molecule is NC(=O)c1ccccc1Sc1cnc(N)c(C(=O)NCc2c(CN3CCOCC3)[nH]c3ccc(F)cc23)n1. The second kappa shape index (κ2) is 11.2. The molecule has 12 heteroatoms. The molecule has 3 heterocycles. The van der Waals surface area contributed by atoms with E-state index < -0.39 is 11.8 Å². The number of ether oxygens (including phenoxy) is 1. The van der Waals surface area contributed by atoms with E-state index in [1.54, 1.807) is 30.3 Å². The Kier molecular flexibility index (Phi) is 7.54. The fourth-order valence-corrected chi connectivity index (χ4v) is 5.21. The van der Waals surface area contributed by atoms with Crippen molar-refractivity contribution in [2.24, 2.45) is 5.73 Å². The third kappa shape index (κ3) is 5.62. The lowest BCUT2D eigenvalue weighted by molar-refractivity contribution is 0.0336. The summed E-state index contributed by atoms with van der Waals surface area (Å²) in [4.78, 5) is 39.6. The normalized spacial score (nSPS) is 14.0. The van der Waals surface area contributed by atoms with Gasteiger partial charge in [0.15, 0.2) is 11.5 Å². The van der Waals surface area contributed by atoms with Crippen LogP contribution in [0.5, 0.6) is 0 Å². The molecule has 0 spiro atoms. The van der Waals surface area contributed by atoms with Crippen LogP contribution < -0.4 is 16.8 Å². The minimum atomic E-state index is -0.572. The number of carbonyl (C=O) groups excluding carboxylic acids is 2. The lowest BCUT2D eigenvalue weighted by atomic mass is 10.1. The molecule has 1 aliphatic rings. The molecule has 38 heavy (non-hydrogen) atoms. The molecule has 0 saturated carbocycles. The number of H-pyrrole nitrogens is 1. The number of primary amides is 1. The summed E-state index contributed by atoms with van der Waals surface area (Å²) in [6.07, 6.45) is 1.43. The summed E-state index contributed by atoms with van der Waals surface area (Å²) in [6.45, 7) is 3.60. The van der Waals surface area contributed by atoms with Gasteiger partial charge >= 0.3 is 0 Å². The van der Waals surface area contributed by atoms with Crippen molar-refractivity contribution in [2.75, 3.05) is 32.0 Å². The summed E-state index contributed by atoms with van der Waals surface area (Å²) in [6, 6.07) is 11.4. The molecule has 4 aromatic rings. The molecule has 0 aliphatic carbocycles. The van der Waals surface area contributed by atoms with Gasteiger partial charge in [-0.05, 0) is 30.3 Å². The smallest absolute Gasteiger partial charge is 0.274 e. The molecule has 10 nitrogen and oxygen atoms in total. The average Bonchev–Trinajstić information content (AvgIpc) is 3.25. The van der Waals surface area contributed by atoms with E-state index in [1.807, 2.05) is 0 Å². The van der Waals surface area contributed by atoms with Crippen molar-refractivity contribution >= 4 is 40.3 Å². The highest BCUT2D eigenvalue weighted by Gasteiger charge is 2.20. The van der Waals surface area contributed by atoms with Crippen LogP contribution in [-0.4, -0.2) is 58.0 Å². The third-order valence-corrected chi connectivity index (χ3v) is 7.21. The Labute approximate surface area is 222 Å². The number of morpholine rings is 1. The minimum absolute atomic E-state index is 0.0338. The zero-order valence-electron chi connectivity index (χ0n) is 20.4. The van der Waals surface area contributed by atoms with Gasteiger partial charge in [0.2, 0.25) is 5.91 Å². The van der Waals surface area contributed by atoms with E-state index in [2.05, 4.69) is 25.2 Å². The van der Waals surface area contributed by atoms with E-state index in [0.717, 1.165) is 41.6 Å². The van der Waals surface area contributed by atoms with Gasteiger partial charge in [-0.25, -0.2) is 14.4 Å². The largest absolute Gasteiger partial charge is 0.382 e. The molecule has 2 aromatic heterocycles. The lowest BCUT2D eigenvalue weighted by Crippen LogP contribution is -2.36. The first-order chi connectivity index (χ1) is 18.4. The summed E-state index contributed by atoms with van der Waals surface area (Å²) in [5.74, 6) is -1.49. The van der Waals surface area contributed by atoms with E-state index in [0.29, 0.717) is 40.6 Å². The molecule has 1 fully saturated rings. The van der Waals surface area contributed by atoms with Gasteiger partial charge in [-0.3, -0.25) is 14.5 Å². The van der Waals surface area contributed by atoms with Crippen LogP contribution in [0.25, 0.3) is 10.9 Å². The number of amides is 2. The predicted octanol–water partition coefficient (Wildman–Crippen LogP) is 2.69. The van der Waals surface area contributed by atoms with Gasteiger partial charge in [-0.1, -0.05) is 23.9 Å². The maximum atomic E-state index is 14.1. The molecule has 0 bridgehead atoms. The quantitative estimate of drug-likeness (QED) is 0.269. The van der Waals surface area contributed by atoms with Gasteiger partial charge in [0.25, 0.3) is 5.91 Å². The zero-order chi connectivity index (χ0) is 26.6. The van der Waals surface area contributed by atoms with E-state index in [4.69, 9.17) is 16.2 Å². The van der Waals surface area contributed by atoms with Crippen molar-refractivity contribution in [3.8, 4) is 0 Å². The third-order valence-electron chi connectivity index (χ3n) is 6.23. The standard InChI is InChI=1S/C26H26FN7O3S/c27-15-5-6-19-17(11-15)18(20(32-19)14-34-7-9-37-10-8-34)12-31-26(36)23-24(28)30-13-22(33-23)38-21-4-2-1-3-16(21)25(29)35/h1-6,11,13,32H,7-10,12,14H2,(H2,28,30)(H2,29,35)(H,31,36). The second-order valence-electron chi connectivity index (χ2n) is 8.75. The molecule has 196 valence electrons. The number of anilines is 1. The van der Waals surface area contributed by atoms with Crippen molar-refractivity contribution in [1.82, 2.24) is 25.2 Å². The maximum absolute atomic E-state index is 14.1. The Balaban J connectivity index is 1.37. The molecule has 6 N–H and O–H groups in total. The number of halogens is 1. The average molecular weight is 536 g/mol. The number of nitrogens with two attached hydrogens (primary N) is 2. The molecular formula is C26H26FN7O3S. The first-order valence-electron chi connectivity index (χ1n) is 12.0. The van der Waals surface area contributed by atoms with E-state index in [9.17, 15) is 14.0 Å². The highest BCUT2D eigenvalue weighted by Crippen LogP contribution is 2.30. The zero-order valence-corrected chi connectivity index (χ0v) is 21.2.